The molecule has 0 radical (unpaired) electrons. The molecule has 1 aliphatic rings. The van der Waals surface area contributed by atoms with Gasteiger partial charge in [0.25, 0.3) is 0 Å². The normalized spacial score (nSPS) is 19.9. The molecule has 3 N–H and O–H groups in total. The van der Waals surface area contributed by atoms with Crippen LogP contribution in [-0.2, 0) is 19.5 Å². The number of aromatic nitrogens is 2. The molecule has 1 saturated heterocycles. The third-order valence-corrected chi connectivity index (χ3v) is 4.33. The summed E-state index contributed by atoms with van der Waals surface area (Å²) >= 11 is 0. The number of carbonyl (C=O) groups is 1. The molecule has 2 rings (SSSR count). The first kappa shape index (κ1) is 14.9. The minimum atomic E-state index is -3.98. The zero-order chi connectivity index (χ0) is 14.8. The van der Waals surface area contributed by atoms with Crippen molar-refractivity contribution in [2.75, 3.05) is 26.4 Å². The van der Waals surface area contributed by atoms with Crippen LogP contribution in [-0.4, -0.2) is 62.2 Å². The molecule has 112 valence electrons. The van der Waals surface area contributed by atoms with Gasteiger partial charge in [0.15, 0.2) is 5.69 Å². The third kappa shape index (κ3) is 3.15. The molecule has 1 aromatic rings. The fourth-order valence-corrected chi connectivity index (χ4v) is 3.21. The minimum absolute atomic E-state index is 0.00596. The standard InChI is InChI=1S/C10H15N3O6S/c1-6-9(8(10(14)15)13-12-6)20(16,17)11-4-7-5-18-2-3-19-7/h7,11H,2-5H2,1H3,(H,12,13)(H,14,15). The molecule has 0 saturated carbocycles. The van der Waals surface area contributed by atoms with E-state index in [2.05, 4.69) is 14.9 Å². The van der Waals surface area contributed by atoms with Crippen LogP contribution >= 0.6 is 0 Å². The SMILES string of the molecule is Cc1[nH]nc(C(=O)O)c1S(=O)(=O)NCC1COCCO1. The van der Waals surface area contributed by atoms with Crippen LogP contribution in [0.1, 0.15) is 16.2 Å². The van der Waals surface area contributed by atoms with Crippen LogP contribution in [0.15, 0.2) is 4.90 Å². The number of aromatic amines is 1. The Morgan fingerprint density at radius 1 is 1.55 bits per heavy atom. The average molecular weight is 305 g/mol. The Kier molecular flexibility index (Phi) is 4.38. The summed E-state index contributed by atoms with van der Waals surface area (Å²) in [6.45, 7) is 2.61. The van der Waals surface area contributed by atoms with Crippen molar-refractivity contribution in [3.05, 3.63) is 11.4 Å². The van der Waals surface area contributed by atoms with Crippen LogP contribution < -0.4 is 4.72 Å². The van der Waals surface area contributed by atoms with Gasteiger partial charge in [-0.3, -0.25) is 5.10 Å². The van der Waals surface area contributed by atoms with E-state index in [0.717, 1.165) is 0 Å². The van der Waals surface area contributed by atoms with Crippen LogP contribution in [0.3, 0.4) is 0 Å². The number of carboxylic acid groups (broad SMARTS) is 1. The maximum Gasteiger partial charge on any atom is 0.357 e. The van der Waals surface area contributed by atoms with E-state index in [1.165, 1.54) is 6.92 Å². The maximum atomic E-state index is 12.2. The van der Waals surface area contributed by atoms with Gasteiger partial charge in [-0.25, -0.2) is 17.9 Å². The van der Waals surface area contributed by atoms with Crippen molar-refractivity contribution in [3.63, 3.8) is 0 Å². The fourth-order valence-electron chi connectivity index (χ4n) is 1.82. The van der Waals surface area contributed by atoms with Crippen molar-refractivity contribution in [2.45, 2.75) is 17.9 Å². The molecule has 20 heavy (non-hydrogen) atoms. The topological polar surface area (TPSA) is 131 Å². The highest BCUT2D eigenvalue weighted by Gasteiger charge is 2.29. The molecule has 10 heteroatoms. The number of carboxylic acids is 1. The second-order valence-electron chi connectivity index (χ2n) is 4.25. The van der Waals surface area contributed by atoms with Crippen LogP contribution in [0.4, 0.5) is 0 Å². The Balaban J connectivity index is 2.14. The number of hydrogen-bond donors (Lipinski definition) is 3. The van der Waals surface area contributed by atoms with Crippen molar-refractivity contribution in [3.8, 4) is 0 Å². The molecule has 0 aliphatic carbocycles. The monoisotopic (exact) mass is 305 g/mol. The maximum absolute atomic E-state index is 12.2. The number of aryl methyl sites for hydroxylation is 1. The summed E-state index contributed by atoms with van der Waals surface area (Å²) in [6, 6.07) is 0. The van der Waals surface area contributed by atoms with Crippen molar-refractivity contribution >= 4 is 16.0 Å². The Hall–Kier alpha value is -1.49. The van der Waals surface area contributed by atoms with Gasteiger partial charge in [0.05, 0.1) is 31.6 Å². The number of aromatic carboxylic acids is 1. The predicted molar refractivity (Wildman–Crippen MR) is 66.0 cm³/mol. The Morgan fingerprint density at radius 3 is 2.90 bits per heavy atom. The van der Waals surface area contributed by atoms with Gasteiger partial charge >= 0.3 is 5.97 Å². The number of rotatable bonds is 5. The van der Waals surface area contributed by atoms with E-state index in [-0.39, 0.29) is 23.2 Å². The van der Waals surface area contributed by atoms with Gasteiger partial charge in [0, 0.05) is 6.54 Å². The second-order valence-corrected chi connectivity index (χ2v) is 5.95. The number of nitrogens with zero attached hydrogens (tertiary/aromatic N) is 1. The summed E-state index contributed by atoms with van der Waals surface area (Å²) < 4.78 is 37.1. The van der Waals surface area contributed by atoms with E-state index >= 15 is 0 Å². The van der Waals surface area contributed by atoms with Gasteiger partial charge in [0.1, 0.15) is 4.90 Å². The van der Waals surface area contributed by atoms with E-state index in [0.29, 0.717) is 19.8 Å². The molecule has 0 amide bonds. The highest BCUT2D eigenvalue weighted by atomic mass is 32.2. The highest BCUT2D eigenvalue weighted by Crippen LogP contribution is 2.17. The minimum Gasteiger partial charge on any atom is -0.476 e. The Labute approximate surface area is 115 Å². The van der Waals surface area contributed by atoms with Gasteiger partial charge < -0.3 is 14.6 Å². The van der Waals surface area contributed by atoms with Gasteiger partial charge in [0.2, 0.25) is 10.0 Å². The summed E-state index contributed by atoms with van der Waals surface area (Å²) in [7, 11) is -3.98. The molecular weight excluding hydrogens is 290 g/mol. The van der Waals surface area contributed by atoms with Crippen molar-refractivity contribution in [1.82, 2.24) is 14.9 Å². The smallest absolute Gasteiger partial charge is 0.357 e. The summed E-state index contributed by atoms with van der Waals surface area (Å²) in [6.07, 6.45) is -0.390. The number of sulfonamides is 1. The van der Waals surface area contributed by atoms with Gasteiger partial charge in [-0.1, -0.05) is 0 Å². The lowest BCUT2D eigenvalue weighted by Gasteiger charge is -2.23. The highest BCUT2D eigenvalue weighted by molar-refractivity contribution is 7.89. The summed E-state index contributed by atoms with van der Waals surface area (Å²) in [5.41, 5.74) is -0.369. The average Bonchev–Trinajstić information content (AvgIpc) is 2.81. The lowest BCUT2D eigenvalue weighted by atomic mass is 10.3. The lowest BCUT2D eigenvalue weighted by Crippen LogP contribution is -2.40. The Morgan fingerprint density at radius 2 is 2.30 bits per heavy atom. The first-order valence-electron chi connectivity index (χ1n) is 5.89. The second kappa shape index (κ2) is 5.87. The summed E-state index contributed by atoms with van der Waals surface area (Å²) in [5.74, 6) is -1.41. The largest absolute Gasteiger partial charge is 0.476 e. The van der Waals surface area contributed by atoms with Crippen LogP contribution in [0.25, 0.3) is 0 Å². The van der Waals surface area contributed by atoms with E-state index in [9.17, 15) is 13.2 Å². The molecule has 1 aromatic heterocycles. The first-order valence-corrected chi connectivity index (χ1v) is 7.37. The van der Waals surface area contributed by atoms with Gasteiger partial charge in [-0.15, -0.1) is 0 Å². The number of H-pyrrole nitrogens is 1. The molecule has 1 aliphatic heterocycles. The van der Waals surface area contributed by atoms with Crippen LogP contribution in [0, 0.1) is 6.92 Å². The van der Waals surface area contributed by atoms with E-state index < -0.39 is 21.7 Å². The van der Waals surface area contributed by atoms with E-state index in [1.807, 2.05) is 0 Å². The van der Waals surface area contributed by atoms with Crippen LogP contribution in [0.2, 0.25) is 0 Å². The molecule has 0 spiro atoms. The van der Waals surface area contributed by atoms with Gasteiger partial charge in [-0.2, -0.15) is 5.10 Å². The third-order valence-electron chi connectivity index (χ3n) is 2.75. The molecule has 1 atom stereocenters. The van der Waals surface area contributed by atoms with Crippen molar-refractivity contribution in [2.24, 2.45) is 0 Å². The molecule has 2 heterocycles. The van der Waals surface area contributed by atoms with Crippen molar-refractivity contribution in [1.29, 1.82) is 0 Å². The number of ether oxygens (including phenoxy) is 2. The van der Waals surface area contributed by atoms with Crippen LogP contribution in [0.5, 0.6) is 0 Å². The molecular formula is C10H15N3O6S. The van der Waals surface area contributed by atoms with Gasteiger partial charge in [-0.05, 0) is 6.92 Å². The Bertz CT molecular complexity index is 590. The zero-order valence-electron chi connectivity index (χ0n) is 10.7. The summed E-state index contributed by atoms with van der Waals surface area (Å²) in [5, 5.41) is 14.8. The van der Waals surface area contributed by atoms with Crippen molar-refractivity contribution < 1.29 is 27.8 Å². The number of hydrogen-bond acceptors (Lipinski definition) is 6. The molecule has 9 nitrogen and oxygen atoms in total. The fraction of sp³-hybridized carbons (Fsp3) is 0.600. The van der Waals surface area contributed by atoms with E-state index in [4.69, 9.17) is 14.6 Å². The number of nitrogens with one attached hydrogen (secondary N) is 2. The lowest BCUT2D eigenvalue weighted by molar-refractivity contribution is -0.0846. The first-order chi connectivity index (χ1) is 9.42. The molecule has 0 aromatic carbocycles. The molecule has 0 bridgehead atoms. The quantitative estimate of drug-likeness (QED) is 0.643. The molecule has 1 fully saturated rings. The summed E-state index contributed by atoms with van der Waals surface area (Å²) in [4.78, 5) is 10.6. The van der Waals surface area contributed by atoms with E-state index in [1.54, 1.807) is 0 Å². The molecule has 1 unspecified atom stereocenters. The predicted octanol–water partition coefficient (Wildman–Crippen LogP) is -0.890. The zero-order valence-corrected chi connectivity index (χ0v) is 11.6.